The molecule has 0 heterocycles. The molecule has 4 nitrogen and oxygen atoms in total. The monoisotopic (exact) mass is 292 g/mol. The third-order valence-electron chi connectivity index (χ3n) is 3.01. The Morgan fingerprint density at radius 1 is 0.750 bits per heavy atom. The van der Waals surface area contributed by atoms with Crippen LogP contribution in [0, 0.1) is 0 Å². The normalized spacial score (nSPS) is 9.35. The molecule has 0 spiro atoms. The highest BCUT2D eigenvalue weighted by molar-refractivity contribution is 5.66. The van der Waals surface area contributed by atoms with E-state index in [4.69, 9.17) is 10.2 Å². The Morgan fingerprint density at radius 2 is 1.15 bits per heavy atom. The van der Waals surface area contributed by atoms with Gasteiger partial charge in [0.2, 0.25) is 0 Å². The minimum atomic E-state index is -0.670. The van der Waals surface area contributed by atoms with Crippen molar-refractivity contribution in [2.75, 3.05) is 6.61 Å². The molecular weight excluding hydrogens is 256 g/mol. The zero-order valence-corrected chi connectivity index (χ0v) is 13.5. The summed E-state index contributed by atoms with van der Waals surface area (Å²) in [4.78, 5) is 10.0. The first-order valence-corrected chi connectivity index (χ1v) is 8.01. The molecule has 0 aromatic rings. The highest BCUT2D eigenvalue weighted by Crippen LogP contribution is 2.04. The molecule has 0 saturated carbocycles. The molecule has 0 aromatic heterocycles. The van der Waals surface area contributed by atoms with Gasteiger partial charge < -0.3 is 15.7 Å². The maximum Gasteiger partial charge on any atom is 0.303 e. The van der Waals surface area contributed by atoms with Crippen molar-refractivity contribution in [3.8, 4) is 0 Å². The first kappa shape index (κ1) is 24.4. The molecule has 0 atom stereocenters. The number of aliphatic hydroxyl groups excluding tert-OH is 1. The molecule has 0 unspecified atom stereocenters. The van der Waals surface area contributed by atoms with Crippen LogP contribution >= 0.6 is 0 Å². The topological polar surface area (TPSA) is 89.0 Å². The van der Waals surface area contributed by atoms with Crippen molar-refractivity contribution in [2.45, 2.75) is 90.9 Å². The van der Waals surface area contributed by atoms with Gasteiger partial charge in [0.15, 0.2) is 0 Å². The molecule has 4 heteroatoms. The van der Waals surface area contributed by atoms with Gasteiger partial charge in [0.05, 0.1) is 0 Å². The van der Waals surface area contributed by atoms with Crippen molar-refractivity contribution in [1.82, 2.24) is 0 Å². The van der Waals surface area contributed by atoms with Crippen LogP contribution in [0.15, 0.2) is 0 Å². The van der Waals surface area contributed by atoms with E-state index in [1.165, 1.54) is 51.4 Å². The third kappa shape index (κ3) is 30.4. The van der Waals surface area contributed by atoms with Gasteiger partial charge in [-0.1, -0.05) is 71.6 Å². The van der Waals surface area contributed by atoms with Crippen LogP contribution < -0.4 is 0 Å². The summed E-state index contributed by atoms with van der Waals surface area (Å²) in [5.41, 5.74) is 0. The van der Waals surface area contributed by atoms with E-state index < -0.39 is 5.97 Å². The van der Waals surface area contributed by atoms with Gasteiger partial charge in [-0.05, 0) is 12.8 Å². The molecule has 0 aliphatic rings. The lowest BCUT2D eigenvalue weighted by molar-refractivity contribution is -0.137. The van der Waals surface area contributed by atoms with Crippen molar-refractivity contribution in [1.29, 1.82) is 0 Å². The molecule has 0 fully saturated rings. The molecule has 0 bridgehead atoms. The lowest BCUT2D eigenvalue weighted by Crippen LogP contribution is -1.93. The van der Waals surface area contributed by atoms with E-state index in [1.807, 2.05) is 0 Å². The molecule has 0 aliphatic carbocycles. The first-order valence-electron chi connectivity index (χ1n) is 8.01. The molecule has 0 aromatic carbocycles. The molecule has 0 aliphatic heterocycles. The number of unbranched alkanes of at least 4 members (excludes halogenated alkanes) is 9. The van der Waals surface area contributed by atoms with E-state index >= 15 is 0 Å². The number of rotatable bonds is 12. The van der Waals surface area contributed by atoms with Gasteiger partial charge in [0.25, 0.3) is 0 Å². The summed E-state index contributed by atoms with van der Waals surface area (Å²) < 4.78 is 0. The van der Waals surface area contributed by atoms with Gasteiger partial charge in [-0.15, -0.1) is 0 Å². The lowest BCUT2D eigenvalue weighted by atomic mass is 10.1. The Kier molecular flexibility index (Phi) is 28.7. The summed E-state index contributed by atoms with van der Waals surface area (Å²) in [5, 5.41) is 16.7. The van der Waals surface area contributed by atoms with E-state index in [2.05, 4.69) is 13.8 Å². The fourth-order valence-electron chi connectivity index (χ4n) is 1.77. The highest BCUT2D eigenvalue weighted by atomic mass is 16.4. The highest BCUT2D eigenvalue weighted by Gasteiger charge is 1.94. The smallest absolute Gasteiger partial charge is 0.303 e. The summed E-state index contributed by atoms with van der Waals surface area (Å²) in [5.74, 6) is -0.670. The maximum atomic E-state index is 10.0. The molecular formula is C16H36O4. The van der Waals surface area contributed by atoms with Crippen LogP contribution in [-0.4, -0.2) is 28.3 Å². The molecule has 0 amide bonds. The second-order valence-electron chi connectivity index (χ2n) is 5.05. The van der Waals surface area contributed by atoms with Crippen LogP contribution in [0.25, 0.3) is 0 Å². The fourth-order valence-corrected chi connectivity index (χ4v) is 1.77. The van der Waals surface area contributed by atoms with E-state index in [-0.39, 0.29) is 5.48 Å². The van der Waals surface area contributed by atoms with Gasteiger partial charge in [-0.2, -0.15) is 0 Å². The van der Waals surface area contributed by atoms with E-state index in [0.717, 1.165) is 19.3 Å². The molecule has 124 valence electrons. The Hall–Kier alpha value is -0.610. The third-order valence-corrected chi connectivity index (χ3v) is 3.01. The van der Waals surface area contributed by atoms with Crippen LogP contribution in [0.3, 0.4) is 0 Å². The van der Waals surface area contributed by atoms with Gasteiger partial charge in [0, 0.05) is 13.0 Å². The predicted molar refractivity (Wildman–Crippen MR) is 85.1 cm³/mol. The first-order chi connectivity index (χ1) is 9.18. The Morgan fingerprint density at radius 3 is 1.55 bits per heavy atom. The molecule has 0 saturated heterocycles. The van der Waals surface area contributed by atoms with Gasteiger partial charge in [-0.3, -0.25) is 4.79 Å². The minimum Gasteiger partial charge on any atom is -0.481 e. The van der Waals surface area contributed by atoms with Gasteiger partial charge in [0.1, 0.15) is 0 Å². The van der Waals surface area contributed by atoms with E-state index in [0.29, 0.717) is 13.0 Å². The number of aliphatic carboxylic acids is 1. The van der Waals surface area contributed by atoms with Crippen molar-refractivity contribution >= 4 is 5.97 Å². The second kappa shape index (κ2) is 23.5. The second-order valence-corrected chi connectivity index (χ2v) is 5.05. The number of carbonyl (C=O) groups is 1. The standard InChI is InChI=1S/C8H16O2.C8H18O.H2O/c1-2-3-4-5-6-7-8(9)10;1-2-3-4-5-6-7-8-9;/h2-7H2,1H3,(H,9,10);9H,2-8H2,1H3;1H2. The molecule has 4 N–H and O–H groups in total. The largest absolute Gasteiger partial charge is 0.481 e. The predicted octanol–water partition coefficient (Wildman–Crippen LogP) is 3.95. The van der Waals surface area contributed by atoms with Crippen molar-refractivity contribution in [3.05, 3.63) is 0 Å². The van der Waals surface area contributed by atoms with Crippen LogP contribution in [0.1, 0.15) is 90.9 Å². The summed E-state index contributed by atoms with van der Waals surface area (Å²) >= 11 is 0. The summed E-state index contributed by atoms with van der Waals surface area (Å²) in [6, 6.07) is 0. The molecule has 0 rings (SSSR count). The lowest BCUT2D eigenvalue weighted by Gasteiger charge is -1.95. The zero-order chi connectivity index (χ0) is 14.8. The number of carboxylic acids is 1. The van der Waals surface area contributed by atoms with Crippen molar-refractivity contribution < 1.29 is 20.5 Å². The Balaban J connectivity index is -0.000000277. The maximum absolute atomic E-state index is 10.0. The van der Waals surface area contributed by atoms with Crippen LogP contribution in [-0.2, 0) is 4.79 Å². The number of hydrogen-bond acceptors (Lipinski definition) is 2. The summed E-state index contributed by atoms with van der Waals surface area (Å²) in [7, 11) is 0. The zero-order valence-electron chi connectivity index (χ0n) is 13.5. The van der Waals surface area contributed by atoms with Crippen molar-refractivity contribution in [2.24, 2.45) is 0 Å². The van der Waals surface area contributed by atoms with Crippen LogP contribution in [0.5, 0.6) is 0 Å². The van der Waals surface area contributed by atoms with Crippen LogP contribution in [0.2, 0.25) is 0 Å². The van der Waals surface area contributed by atoms with Gasteiger partial charge >= 0.3 is 5.97 Å². The minimum absolute atomic E-state index is 0. The van der Waals surface area contributed by atoms with Gasteiger partial charge in [-0.25, -0.2) is 0 Å². The fraction of sp³-hybridized carbons (Fsp3) is 0.938. The Labute approximate surface area is 124 Å². The van der Waals surface area contributed by atoms with Crippen molar-refractivity contribution in [3.63, 3.8) is 0 Å². The van der Waals surface area contributed by atoms with E-state index in [9.17, 15) is 4.79 Å². The molecule has 0 radical (unpaired) electrons. The van der Waals surface area contributed by atoms with E-state index in [1.54, 1.807) is 0 Å². The number of aliphatic hydroxyl groups is 1. The summed E-state index contributed by atoms with van der Waals surface area (Å²) in [6.07, 6.45) is 13.4. The summed E-state index contributed by atoms with van der Waals surface area (Å²) in [6.45, 7) is 4.73. The quantitative estimate of drug-likeness (QED) is 0.534. The SMILES string of the molecule is CCCCCCCC(=O)O.CCCCCCCCO.O. The average Bonchev–Trinajstić information content (AvgIpc) is 2.39. The average molecular weight is 292 g/mol. The Bertz CT molecular complexity index is 166. The number of hydrogen-bond donors (Lipinski definition) is 2. The molecule has 20 heavy (non-hydrogen) atoms. The number of carboxylic acid groups (broad SMARTS) is 1. The van der Waals surface area contributed by atoms with Crippen LogP contribution in [0.4, 0.5) is 0 Å².